The van der Waals surface area contributed by atoms with Crippen LogP contribution < -0.4 is 5.73 Å². The molecule has 0 unspecified atom stereocenters. The highest BCUT2D eigenvalue weighted by molar-refractivity contribution is 5.82. The lowest BCUT2D eigenvalue weighted by molar-refractivity contribution is 0.918. The number of nitrogens with one attached hydrogen (secondary N) is 1. The van der Waals surface area contributed by atoms with Gasteiger partial charge in [-0.05, 0) is 6.92 Å². The number of anilines is 1. The monoisotopic (exact) mass is 215 g/mol. The van der Waals surface area contributed by atoms with Gasteiger partial charge in [0.15, 0.2) is 17.0 Å². The van der Waals surface area contributed by atoms with Gasteiger partial charge in [-0.15, -0.1) is 0 Å². The third-order valence-electron chi connectivity index (χ3n) is 2.34. The zero-order valence-corrected chi connectivity index (χ0v) is 8.55. The molecule has 3 rings (SSSR count). The predicted molar refractivity (Wildman–Crippen MR) is 58.0 cm³/mol. The number of aromatic amines is 1. The molecule has 0 aliphatic carbocycles. The zero-order valence-electron chi connectivity index (χ0n) is 8.55. The normalized spacial score (nSPS) is 11.1. The van der Waals surface area contributed by atoms with Crippen LogP contribution in [0, 0.1) is 6.92 Å². The van der Waals surface area contributed by atoms with Crippen molar-refractivity contribution in [1.82, 2.24) is 29.5 Å². The number of aryl methyl sites for hydroxylation is 1. The summed E-state index contributed by atoms with van der Waals surface area (Å²) in [4.78, 5) is 19.6. The van der Waals surface area contributed by atoms with E-state index in [-0.39, 0.29) is 0 Å². The zero-order chi connectivity index (χ0) is 11.1. The van der Waals surface area contributed by atoms with Crippen molar-refractivity contribution in [3.8, 4) is 5.95 Å². The summed E-state index contributed by atoms with van der Waals surface area (Å²) >= 11 is 0. The van der Waals surface area contributed by atoms with Crippen LogP contribution in [-0.2, 0) is 0 Å². The average Bonchev–Trinajstić information content (AvgIpc) is 2.85. The molecule has 0 bridgehead atoms. The molecule has 0 radical (unpaired) electrons. The number of rotatable bonds is 1. The minimum Gasteiger partial charge on any atom is -0.382 e. The number of fused-ring (bicyclic) bond motifs is 1. The Morgan fingerprint density at radius 1 is 1.31 bits per heavy atom. The van der Waals surface area contributed by atoms with Gasteiger partial charge in [0.05, 0.1) is 0 Å². The Kier molecular flexibility index (Phi) is 1.67. The predicted octanol–water partition coefficient (Wildman–Crippen LogP) is 0.429. The number of H-pyrrole nitrogens is 1. The Morgan fingerprint density at radius 2 is 2.19 bits per heavy atom. The van der Waals surface area contributed by atoms with Crippen LogP contribution in [0.4, 0.5) is 5.82 Å². The fourth-order valence-corrected chi connectivity index (χ4v) is 1.65. The Labute approximate surface area is 90.4 Å². The van der Waals surface area contributed by atoms with E-state index < -0.39 is 0 Å². The van der Waals surface area contributed by atoms with E-state index in [4.69, 9.17) is 5.73 Å². The van der Waals surface area contributed by atoms with E-state index >= 15 is 0 Å². The lowest BCUT2D eigenvalue weighted by atomic mass is 10.5. The highest BCUT2D eigenvalue weighted by Crippen LogP contribution is 2.19. The molecule has 3 aromatic rings. The summed E-state index contributed by atoms with van der Waals surface area (Å²) in [6.45, 7) is 1.86. The van der Waals surface area contributed by atoms with Crippen molar-refractivity contribution in [3.63, 3.8) is 0 Å². The molecule has 7 heteroatoms. The molecule has 7 nitrogen and oxygen atoms in total. The highest BCUT2D eigenvalue weighted by Gasteiger charge is 2.14. The number of hydrogen-bond acceptors (Lipinski definition) is 5. The smallest absolute Gasteiger partial charge is 0.214 e. The SMILES string of the molecule is Cc1nc2c(N)ncnc2n1-c1ncc[nH]1. The van der Waals surface area contributed by atoms with E-state index in [1.165, 1.54) is 6.33 Å². The molecule has 0 aliphatic rings. The maximum atomic E-state index is 5.73. The molecule has 16 heavy (non-hydrogen) atoms. The van der Waals surface area contributed by atoms with Crippen LogP contribution in [0.15, 0.2) is 18.7 Å². The van der Waals surface area contributed by atoms with Gasteiger partial charge in [-0.2, -0.15) is 0 Å². The van der Waals surface area contributed by atoms with Crippen LogP contribution in [0.5, 0.6) is 0 Å². The van der Waals surface area contributed by atoms with Crippen molar-refractivity contribution in [3.05, 3.63) is 24.5 Å². The first-order valence-electron chi connectivity index (χ1n) is 4.72. The van der Waals surface area contributed by atoms with Gasteiger partial charge in [-0.3, -0.25) is 0 Å². The Hall–Kier alpha value is -2.44. The summed E-state index contributed by atoms with van der Waals surface area (Å²) in [6.07, 6.45) is 4.83. The molecule has 0 fully saturated rings. The van der Waals surface area contributed by atoms with Crippen LogP contribution in [0.2, 0.25) is 0 Å². The molecule has 0 aromatic carbocycles. The number of imidazole rings is 2. The van der Waals surface area contributed by atoms with E-state index in [0.29, 0.717) is 22.9 Å². The number of hydrogen-bond donors (Lipinski definition) is 2. The summed E-state index contributed by atoms with van der Waals surface area (Å²) in [5.74, 6) is 1.80. The van der Waals surface area contributed by atoms with Gasteiger partial charge in [0.2, 0.25) is 5.95 Å². The van der Waals surface area contributed by atoms with Crippen LogP contribution in [0.3, 0.4) is 0 Å². The summed E-state index contributed by atoms with van der Waals surface area (Å²) < 4.78 is 1.80. The average molecular weight is 215 g/mol. The Morgan fingerprint density at radius 3 is 2.94 bits per heavy atom. The molecule has 0 spiro atoms. The summed E-state index contributed by atoms with van der Waals surface area (Å²) in [5, 5.41) is 0. The van der Waals surface area contributed by atoms with Gasteiger partial charge in [0.25, 0.3) is 0 Å². The molecule has 0 saturated carbocycles. The van der Waals surface area contributed by atoms with Gasteiger partial charge >= 0.3 is 0 Å². The summed E-state index contributed by atoms with van der Waals surface area (Å²) in [6, 6.07) is 0. The number of nitrogen functional groups attached to an aromatic ring is 1. The molecule has 0 saturated heterocycles. The van der Waals surface area contributed by atoms with Gasteiger partial charge in [0, 0.05) is 12.4 Å². The van der Waals surface area contributed by atoms with Gasteiger partial charge in [-0.25, -0.2) is 24.5 Å². The van der Waals surface area contributed by atoms with E-state index in [1.54, 1.807) is 17.0 Å². The van der Waals surface area contributed by atoms with E-state index in [1.807, 2.05) is 6.92 Å². The Balaban J connectivity index is 2.41. The van der Waals surface area contributed by atoms with Crippen molar-refractivity contribution in [1.29, 1.82) is 0 Å². The van der Waals surface area contributed by atoms with Crippen LogP contribution in [0.25, 0.3) is 17.1 Å². The molecule has 3 aromatic heterocycles. The third kappa shape index (κ3) is 1.08. The van der Waals surface area contributed by atoms with Crippen molar-refractivity contribution >= 4 is 17.0 Å². The lowest BCUT2D eigenvalue weighted by Gasteiger charge is -2.00. The number of nitrogens with zero attached hydrogens (tertiary/aromatic N) is 5. The van der Waals surface area contributed by atoms with Gasteiger partial charge in [0.1, 0.15) is 12.2 Å². The molecule has 0 amide bonds. The second-order valence-corrected chi connectivity index (χ2v) is 3.34. The number of nitrogens with two attached hydrogens (primary N) is 1. The van der Waals surface area contributed by atoms with E-state index in [9.17, 15) is 0 Å². The van der Waals surface area contributed by atoms with E-state index in [2.05, 4.69) is 24.9 Å². The summed E-state index contributed by atoms with van der Waals surface area (Å²) in [5.41, 5.74) is 6.98. The number of aromatic nitrogens is 6. The first kappa shape index (κ1) is 8.84. The quantitative estimate of drug-likeness (QED) is 0.613. The third-order valence-corrected chi connectivity index (χ3v) is 2.34. The molecular weight excluding hydrogens is 206 g/mol. The van der Waals surface area contributed by atoms with E-state index in [0.717, 1.165) is 5.82 Å². The first-order valence-corrected chi connectivity index (χ1v) is 4.72. The highest BCUT2D eigenvalue weighted by atomic mass is 15.2. The second-order valence-electron chi connectivity index (χ2n) is 3.34. The first-order chi connectivity index (χ1) is 7.77. The topological polar surface area (TPSA) is 98.3 Å². The van der Waals surface area contributed by atoms with Gasteiger partial charge in [-0.1, -0.05) is 0 Å². The maximum Gasteiger partial charge on any atom is 0.214 e. The summed E-state index contributed by atoms with van der Waals surface area (Å²) in [7, 11) is 0. The maximum absolute atomic E-state index is 5.73. The van der Waals surface area contributed by atoms with Crippen molar-refractivity contribution in [2.75, 3.05) is 5.73 Å². The molecular formula is C9H9N7. The lowest BCUT2D eigenvalue weighted by Crippen LogP contribution is -2.00. The minimum absolute atomic E-state index is 0.374. The molecule has 0 atom stereocenters. The fraction of sp³-hybridized carbons (Fsp3) is 0.111. The van der Waals surface area contributed by atoms with Crippen molar-refractivity contribution < 1.29 is 0 Å². The molecule has 0 aliphatic heterocycles. The van der Waals surface area contributed by atoms with Crippen LogP contribution in [-0.4, -0.2) is 29.5 Å². The van der Waals surface area contributed by atoms with Gasteiger partial charge < -0.3 is 10.7 Å². The van der Waals surface area contributed by atoms with Crippen molar-refractivity contribution in [2.45, 2.75) is 6.92 Å². The van der Waals surface area contributed by atoms with Crippen molar-refractivity contribution in [2.24, 2.45) is 0 Å². The fourth-order valence-electron chi connectivity index (χ4n) is 1.65. The standard InChI is InChI=1S/C9H9N7/c1-5-15-6-7(10)13-4-14-8(6)16(5)9-11-2-3-12-9/h2-4H,1H3,(H,11,12)(H2,10,13,14). The largest absolute Gasteiger partial charge is 0.382 e. The second kappa shape index (κ2) is 3.02. The molecule has 3 N–H and O–H groups in total. The van der Waals surface area contributed by atoms with Crippen LogP contribution >= 0.6 is 0 Å². The molecule has 3 heterocycles. The Bertz CT molecular complexity index is 637. The molecule has 80 valence electrons. The van der Waals surface area contributed by atoms with Crippen LogP contribution in [0.1, 0.15) is 5.82 Å². The minimum atomic E-state index is 0.374.